The summed E-state index contributed by atoms with van der Waals surface area (Å²) in [6.45, 7) is 0. The van der Waals surface area contributed by atoms with Crippen LogP contribution in [0.15, 0.2) is 60.7 Å². The van der Waals surface area contributed by atoms with E-state index in [9.17, 15) is 19.4 Å². The monoisotopic (exact) mass is 331 g/mol. The summed E-state index contributed by atoms with van der Waals surface area (Å²) in [7, 11) is -2.83. The summed E-state index contributed by atoms with van der Waals surface area (Å²) in [5.74, 6) is -1.20. The standard InChI is InChI=1S/C18H19O4P/c19-17(20)18(23(21)22,13-11-15-7-3-1-4-8-15)14-12-16-9-5-2-6-10-16/h1-10H,11-14H2,(H-,19,20,21,22)/p+1. The van der Waals surface area contributed by atoms with Gasteiger partial charge in [0, 0.05) is 12.8 Å². The van der Waals surface area contributed by atoms with Crippen molar-refractivity contribution in [3.05, 3.63) is 71.8 Å². The maximum atomic E-state index is 11.9. The number of hydrogen-bond acceptors (Lipinski definition) is 2. The second-order valence-electron chi connectivity index (χ2n) is 5.58. The summed E-state index contributed by atoms with van der Waals surface area (Å²) in [5.41, 5.74) is 1.93. The molecular formula is C18H20O4P+. The normalized spacial score (nSPS) is 12.0. The minimum absolute atomic E-state index is 0.144. The molecule has 0 aliphatic rings. The molecule has 0 aliphatic carbocycles. The number of aliphatic carboxylic acids is 1. The fourth-order valence-corrected chi connectivity index (χ4v) is 3.37. The highest BCUT2D eigenvalue weighted by Gasteiger charge is 2.55. The van der Waals surface area contributed by atoms with Gasteiger partial charge in [-0.3, -0.25) is 0 Å². The van der Waals surface area contributed by atoms with E-state index in [0.717, 1.165) is 11.1 Å². The maximum Gasteiger partial charge on any atom is 0.523 e. The third-order valence-corrected chi connectivity index (χ3v) is 5.48. The van der Waals surface area contributed by atoms with Gasteiger partial charge >= 0.3 is 14.0 Å². The summed E-state index contributed by atoms with van der Waals surface area (Å²) >= 11 is 0. The van der Waals surface area contributed by atoms with Crippen molar-refractivity contribution < 1.29 is 19.4 Å². The number of carbonyl (C=O) groups is 1. The summed E-state index contributed by atoms with van der Waals surface area (Å²) in [4.78, 5) is 21.5. The average Bonchev–Trinajstić information content (AvgIpc) is 2.56. The van der Waals surface area contributed by atoms with Gasteiger partial charge in [0.25, 0.3) is 5.16 Å². The molecular weight excluding hydrogens is 311 g/mol. The van der Waals surface area contributed by atoms with Crippen molar-refractivity contribution in [2.45, 2.75) is 30.8 Å². The molecule has 0 heterocycles. The summed E-state index contributed by atoms with van der Waals surface area (Å²) in [5, 5.41) is 8.00. The number of hydrogen-bond donors (Lipinski definition) is 2. The smallest absolute Gasteiger partial charge is 0.478 e. The topological polar surface area (TPSA) is 74.6 Å². The van der Waals surface area contributed by atoms with E-state index in [-0.39, 0.29) is 12.8 Å². The molecule has 1 unspecified atom stereocenters. The molecule has 0 bridgehead atoms. The van der Waals surface area contributed by atoms with E-state index < -0.39 is 19.2 Å². The predicted octanol–water partition coefficient (Wildman–Crippen LogP) is 3.81. The Morgan fingerprint density at radius 1 is 0.870 bits per heavy atom. The van der Waals surface area contributed by atoms with Crippen molar-refractivity contribution in [3.8, 4) is 0 Å². The number of aryl methyl sites for hydroxylation is 2. The van der Waals surface area contributed by atoms with Gasteiger partial charge in [-0.05, 0) is 28.5 Å². The van der Waals surface area contributed by atoms with Crippen molar-refractivity contribution in [2.75, 3.05) is 0 Å². The Balaban J connectivity index is 2.14. The van der Waals surface area contributed by atoms with E-state index in [4.69, 9.17) is 0 Å². The van der Waals surface area contributed by atoms with Gasteiger partial charge in [0.2, 0.25) is 0 Å². The van der Waals surface area contributed by atoms with E-state index in [2.05, 4.69) is 0 Å². The van der Waals surface area contributed by atoms with E-state index in [0.29, 0.717) is 12.8 Å². The van der Waals surface area contributed by atoms with Crippen LogP contribution in [0.3, 0.4) is 0 Å². The van der Waals surface area contributed by atoms with Crippen LogP contribution in [0.4, 0.5) is 0 Å². The van der Waals surface area contributed by atoms with Crippen LogP contribution in [0.25, 0.3) is 0 Å². The van der Waals surface area contributed by atoms with Crippen molar-refractivity contribution >= 4 is 14.0 Å². The van der Waals surface area contributed by atoms with Gasteiger partial charge in [0.05, 0.1) is 0 Å². The Morgan fingerprint density at radius 3 is 1.57 bits per heavy atom. The Morgan fingerprint density at radius 2 is 1.26 bits per heavy atom. The lowest BCUT2D eigenvalue weighted by molar-refractivity contribution is -0.140. The number of benzene rings is 2. The molecule has 0 aromatic heterocycles. The fraction of sp³-hybridized carbons (Fsp3) is 0.278. The van der Waals surface area contributed by atoms with E-state index in [1.54, 1.807) is 0 Å². The number of rotatable bonds is 8. The molecule has 0 aliphatic heterocycles. The molecule has 0 radical (unpaired) electrons. The molecule has 4 nitrogen and oxygen atoms in total. The van der Waals surface area contributed by atoms with E-state index >= 15 is 0 Å². The second kappa shape index (κ2) is 8.00. The lowest BCUT2D eigenvalue weighted by Crippen LogP contribution is -2.36. The molecule has 120 valence electrons. The minimum atomic E-state index is -2.83. The van der Waals surface area contributed by atoms with Crippen molar-refractivity contribution in [3.63, 3.8) is 0 Å². The molecule has 2 N–H and O–H groups in total. The first kappa shape index (κ1) is 17.3. The molecule has 2 rings (SSSR count). The molecule has 0 spiro atoms. The Kier molecular flexibility index (Phi) is 6.03. The molecule has 1 atom stereocenters. The van der Waals surface area contributed by atoms with Crippen LogP contribution >= 0.6 is 8.03 Å². The third-order valence-electron chi connectivity index (χ3n) is 4.10. The molecule has 0 saturated heterocycles. The minimum Gasteiger partial charge on any atom is -0.478 e. The summed E-state index contributed by atoms with van der Waals surface area (Å²) < 4.78 is 11.9. The van der Waals surface area contributed by atoms with Crippen molar-refractivity contribution in [1.82, 2.24) is 0 Å². The van der Waals surface area contributed by atoms with Crippen LogP contribution in [0.1, 0.15) is 24.0 Å². The van der Waals surface area contributed by atoms with Crippen LogP contribution < -0.4 is 0 Å². The van der Waals surface area contributed by atoms with Gasteiger partial charge in [0.1, 0.15) is 0 Å². The van der Waals surface area contributed by atoms with Crippen LogP contribution in [-0.4, -0.2) is 21.1 Å². The van der Waals surface area contributed by atoms with Gasteiger partial charge in [-0.15, -0.1) is 0 Å². The van der Waals surface area contributed by atoms with E-state index in [1.807, 2.05) is 60.7 Å². The predicted molar refractivity (Wildman–Crippen MR) is 89.7 cm³/mol. The molecule has 0 fully saturated rings. The highest BCUT2D eigenvalue weighted by atomic mass is 31.1. The molecule has 2 aromatic carbocycles. The lowest BCUT2D eigenvalue weighted by atomic mass is 9.92. The van der Waals surface area contributed by atoms with E-state index in [1.165, 1.54) is 0 Å². The average molecular weight is 331 g/mol. The van der Waals surface area contributed by atoms with Crippen LogP contribution in [0.5, 0.6) is 0 Å². The SMILES string of the molecule is O=C(O)C(CCc1ccccc1)(CCc1ccccc1)[P+](=O)O. The largest absolute Gasteiger partial charge is 0.523 e. The molecule has 0 saturated carbocycles. The highest BCUT2D eigenvalue weighted by Crippen LogP contribution is 2.43. The van der Waals surface area contributed by atoms with Crippen LogP contribution in [0, 0.1) is 0 Å². The Hall–Kier alpha value is -2.03. The molecule has 2 aromatic rings. The molecule has 5 heteroatoms. The van der Waals surface area contributed by atoms with Gasteiger partial charge in [0.15, 0.2) is 0 Å². The zero-order valence-electron chi connectivity index (χ0n) is 12.8. The van der Waals surface area contributed by atoms with Gasteiger partial charge in [-0.2, -0.15) is 4.89 Å². The second-order valence-corrected chi connectivity index (χ2v) is 6.98. The zero-order valence-corrected chi connectivity index (χ0v) is 13.7. The quantitative estimate of drug-likeness (QED) is 0.721. The van der Waals surface area contributed by atoms with Gasteiger partial charge in [-0.25, -0.2) is 4.79 Å². The number of carboxylic acid groups (broad SMARTS) is 1. The molecule has 0 amide bonds. The number of carboxylic acids is 1. The first-order valence-electron chi connectivity index (χ1n) is 7.52. The summed E-state index contributed by atoms with van der Waals surface area (Å²) in [6, 6.07) is 18.9. The maximum absolute atomic E-state index is 11.9. The van der Waals surface area contributed by atoms with Gasteiger partial charge < -0.3 is 5.11 Å². The van der Waals surface area contributed by atoms with Crippen LogP contribution in [0.2, 0.25) is 0 Å². The van der Waals surface area contributed by atoms with Crippen molar-refractivity contribution in [2.24, 2.45) is 0 Å². The Bertz CT molecular complexity index is 596. The van der Waals surface area contributed by atoms with Gasteiger partial charge in [-0.1, -0.05) is 60.7 Å². The molecule has 23 heavy (non-hydrogen) atoms. The zero-order chi connectivity index (χ0) is 16.7. The fourth-order valence-electron chi connectivity index (χ4n) is 2.60. The highest BCUT2D eigenvalue weighted by molar-refractivity contribution is 7.41. The van der Waals surface area contributed by atoms with Crippen molar-refractivity contribution in [1.29, 1.82) is 0 Å². The first-order valence-corrected chi connectivity index (χ1v) is 8.73. The Labute approximate surface area is 136 Å². The summed E-state index contributed by atoms with van der Waals surface area (Å²) in [6.07, 6.45) is 1.21. The van der Waals surface area contributed by atoms with Crippen LogP contribution in [-0.2, 0) is 22.2 Å². The third kappa shape index (κ3) is 4.47. The lowest BCUT2D eigenvalue weighted by Gasteiger charge is -2.17. The first-order chi connectivity index (χ1) is 11.0.